The van der Waals surface area contributed by atoms with Gasteiger partial charge in [-0.3, -0.25) is 0 Å². The van der Waals surface area contributed by atoms with Crippen LogP contribution >= 0.6 is 0 Å². The van der Waals surface area contributed by atoms with Crippen LogP contribution in [0.1, 0.15) is 6.92 Å². The molecule has 0 amide bonds. The molecular weight excluding hydrogens is 182 g/mol. The minimum Gasteiger partial charge on any atom is -0.480 e. The predicted octanol–water partition coefficient (Wildman–Crippen LogP) is 0.399. The zero-order valence-corrected chi connectivity index (χ0v) is 7.27. The Morgan fingerprint density at radius 2 is 2.38 bits per heavy atom. The van der Waals surface area contributed by atoms with Gasteiger partial charge in [0.15, 0.2) is 5.70 Å². The molecule has 0 spiro atoms. The fourth-order valence-electron chi connectivity index (χ4n) is 0.863. The quantitative estimate of drug-likeness (QED) is 0.635. The number of ether oxygens (including phenoxy) is 1. The van der Waals surface area contributed by atoms with E-state index in [0.29, 0.717) is 6.54 Å². The molecule has 0 fully saturated rings. The van der Waals surface area contributed by atoms with Crippen LogP contribution in [-0.4, -0.2) is 25.0 Å². The minimum atomic E-state index is -0.958. The third kappa shape index (κ3) is 1.98. The number of hydrazine groups is 1. The Morgan fingerprint density at radius 3 is 2.92 bits per heavy atom. The Hall–Kier alpha value is -1.53. The van der Waals surface area contributed by atoms with Gasteiger partial charge in [0.25, 0.3) is 5.97 Å². The number of rotatable bonds is 3. The zero-order chi connectivity index (χ0) is 9.84. The Balaban J connectivity index is 2.88. The molecule has 0 bridgehead atoms. The van der Waals surface area contributed by atoms with Gasteiger partial charge < -0.3 is 10.1 Å². The van der Waals surface area contributed by atoms with Gasteiger partial charge in [-0.1, -0.05) is 9.58 Å². The minimum absolute atomic E-state index is 0.0129. The number of hydrazone groups is 1. The van der Waals surface area contributed by atoms with Crippen molar-refractivity contribution in [2.24, 2.45) is 5.10 Å². The van der Waals surface area contributed by atoms with Crippen molar-refractivity contribution in [3.05, 3.63) is 11.6 Å². The molecule has 5 nitrogen and oxygen atoms in total. The lowest BCUT2D eigenvalue weighted by molar-refractivity contribution is -0.0423. The van der Waals surface area contributed by atoms with Crippen LogP contribution in [0.25, 0.3) is 0 Å². The summed E-state index contributed by atoms with van der Waals surface area (Å²) >= 11 is 0. The second-order valence-corrected chi connectivity index (χ2v) is 2.20. The van der Waals surface area contributed by atoms with Crippen molar-refractivity contribution in [2.75, 3.05) is 13.7 Å². The van der Waals surface area contributed by atoms with E-state index in [0.717, 1.165) is 0 Å². The first-order valence-electron chi connectivity index (χ1n) is 3.68. The molecule has 1 aliphatic rings. The second kappa shape index (κ2) is 3.92. The van der Waals surface area contributed by atoms with Crippen LogP contribution in [0, 0.1) is 0 Å². The van der Waals surface area contributed by atoms with E-state index in [1.807, 2.05) is 0 Å². The van der Waals surface area contributed by atoms with Crippen molar-refractivity contribution in [3.63, 3.8) is 0 Å². The molecule has 0 aromatic heterocycles. The van der Waals surface area contributed by atoms with E-state index < -0.39 is 5.97 Å². The highest BCUT2D eigenvalue weighted by Gasteiger charge is 2.22. The van der Waals surface area contributed by atoms with Gasteiger partial charge in [-0.05, 0) is 12.3 Å². The lowest BCUT2D eigenvalue weighted by Crippen LogP contribution is -2.37. The topological polar surface area (TPSA) is 48.9 Å². The van der Waals surface area contributed by atoms with E-state index in [-0.39, 0.29) is 16.9 Å². The molecule has 0 saturated heterocycles. The van der Waals surface area contributed by atoms with Gasteiger partial charge in [0.05, 0.1) is 7.11 Å². The van der Waals surface area contributed by atoms with Gasteiger partial charge in [-0.25, -0.2) is 5.43 Å². The van der Waals surface area contributed by atoms with Gasteiger partial charge in [0.2, 0.25) is 5.88 Å². The number of allylic oxidation sites excluding steroid dienone is 1. The first-order chi connectivity index (χ1) is 6.19. The highest BCUT2D eigenvalue weighted by molar-refractivity contribution is 5.92. The summed E-state index contributed by atoms with van der Waals surface area (Å²) in [6, 6.07) is 0. The maximum atomic E-state index is 13.0. The molecule has 0 aliphatic carbocycles. The standard InChI is InChI=1S/C6H10F2N4O/c1-3-9-4-5(7)10-12(8)11-6(4)13-2/h9,11H,3H2,1-2H3. The predicted molar refractivity (Wildman–Crippen MR) is 42.3 cm³/mol. The zero-order valence-electron chi connectivity index (χ0n) is 7.27. The van der Waals surface area contributed by atoms with Crippen molar-refractivity contribution >= 4 is 5.97 Å². The summed E-state index contributed by atoms with van der Waals surface area (Å²) in [6.45, 7) is 2.26. The summed E-state index contributed by atoms with van der Waals surface area (Å²) in [5.41, 5.74) is 2.08. The molecule has 7 heteroatoms. The lowest BCUT2D eigenvalue weighted by atomic mass is 10.4. The van der Waals surface area contributed by atoms with Crippen molar-refractivity contribution in [2.45, 2.75) is 6.92 Å². The summed E-state index contributed by atoms with van der Waals surface area (Å²) in [7, 11) is 1.30. The van der Waals surface area contributed by atoms with E-state index in [4.69, 9.17) is 4.74 Å². The van der Waals surface area contributed by atoms with Crippen LogP contribution in [0.4, 0.5) is 8.87 Å². The van der Waals surface area contributed by atoms with Crippen LogP contribution in [0.2, 0.25) is 0 Å². The molecule has 0 saturated carbocycles. The van der Waals surface area contributed by atoms with E-state index in [2.05, 4.69) is 15.8 Å². The summed E-state index contributed by atoms with van der Waals surface area (Å²) in [5.74, 6) is -1.00. The van der Waals surface area contributed by atoms with Crippen LogP contribution < -0.4 is 10.7 Å². The maximum absolute atomic E-state index is 13.0. The van der Waals surface area contributed by atoms with Gasteiger partial charge in [-0.15, -0.1) is 0 Å². The molecule has 2 N–H and O–H groups in total. The third-order valence-electron chi connectivity index (χ3n) is 1.36. The van der Waals surface area contributed by atoms with Gasteiger partial charge >= 0.3 is 0 Å². The fourth-order valence-corrected chi connectivity index (χ4v) is 0.863. The van der Waals surface area contributed by atoms with Crippen LogP contribution in [-0.2, 0) is 4.74 Å². The molecule has 0 aromatic carbocycles. The molecule has 0 radical (unpaired) electrons. The third-order valence-corrected chi connectivity index (χ3v) is 1.36. The van der Waals surface area contributed by atoms with Crippen molar-refractivity contribution in [1.82, 2.24) is 16.1 Å². The van der Waals surface area contributed by atoms with Crippen molar-refractivity contribution in [3.8, 4) is 0 Å². The van der Waals surface area contributed by atoms with Crippen molar-refractivity contribution in [1.29, 1.82) is 0 Å². The Morgan fingerprint density at radius 1 is 1.69 bits per heavy atom. The molecule has 13 heavy (non-hydrogen) atoms. The highest BCUT2D eigenvalue weighted by Crippen LogP contribution is 2.10. The van der Waals surface area contributed by atoms with Gasteiger partial charge in [0, 0.05) is 6.54 Å². The van der Waals surface area contributed by atoms with Crippen LogP contribution in [0.3, 0.4) is 0 Å². The molecule has 1 rings (SSSR count). The number of halogens is 2. The number of nitrogens with one attached hydrogen (secondary N) is 2. The molecular formula is C6H10F2N4O. The monoisotopic (exact) mass is 192 g/mol. The summed E-state index contributed by atoms with van der Waals surface area (Å²) in [4.78, 5) is 0. The first-order valence-corrected chi connectivity index (χ1v) is 3.68. The second-order valence-electron chi connectivity index (χ2n) is 2.20. The smallest absolute Gasteiger partial charge is 0.264 e. The maximum Gasteiger partial charge on any atom is 0.264 e. The first kappa shape index (κ1) is 9.56. The van der Waals surface area contributed by atoms with Crippen LogP contribution in [0.15, 0.2) is 16.7 Å². The highest BCUT2D eigenvalue weighted by atomic mass is 19.2. The number of hydrogen-bond donors (Lipinski definition) is 2. The fraction of sp³-hybridized carbons (Fsp3) is 0.500. The van der Waals surface area contributed by atoms with Crippen LogP contribution in [0.5, 0.6) is 0 Å². The number of hydrogen-bond acceptors (Lipinski definition) is 5. The average Bonchev–Trinajstić information content (AvgIpc) is 2.09. The van der Waals surface area contributed by atoms with Gasteiger partial charge in [-0.2, -0.15) is 4.39 Å². The Bertz CT molecular complexity index is 253. The Labute approximate surface area is 73.9 Å². The van der Waals surface area contributed by atoms with E-state index in [1.54, 1.807) is 6.92 Å². The lowest BCUT2D eigenvalue weighted by Gasteiger charge is -2.20. The Kier molecular flexibility index (Phi) is 2.88. The molecule has 1 heterocycles. The molecule has 0 unspecified atom stereocenters. The summed E-state index contributed by atoms with van der Waals surface area (Å²) in [5, 5.41) is 5.28. The van der Waals surface area contributed by atoms with Crippen molar-refractivity contribution < 1.29 is 13.6 Å². The largest absolute Gasteiger partial charge is 0.480 e. The molecule has 74 valence electrons. The van der Waals surface area contributed by atoms with E-state index in [1.165, 1.54) is 7.11 Å². The van der Waals surface area contributed by atoms with E-state index >= 15 is 0 Å². The average molecular weight is 192 g/mol. The number of nitrogens with zero attached hydrogens (tertiary/aromatic N) is 2. The van der Waals surface area contributed by atoms with Gasteiger partial charge in [0.1, 0.15) is 0 Å². The van der Waals surface area contributed by atoms with E-state index in [9.17, 15) is 8.87 Å². The normalized spacial score (nSPS) is 16.6. The number of methoxy groups -OCH3 is 1. The molecule has 0 atom stereocenters. The summed E-state index contributed by atoms with van der Waals surface area (Å²) in [6.07, 6.45) is 0. The molecule has 1 aliphatic heterocycles. The SMILES string of the molecule is CCNC1=C(OC)NN(F)N=C1F. The molecule has 0 aromatic rings. The summed E-state index contributed by atoms with van der Waals surface area (Å²) < 4.78 is 30.1.